The molecule has 0 heterocycles. The second kappa shape index (κ2) is 9.21. The van der Waals surface area contributed by atoms with E-state index in [4.69, 9.17) is 16.7 Å². The molecule has 1 unspecified atom stereocenters. The highest BCUT2D eigenvalue weighted by molar-refractivity contribution is 6.18. The molecule has 0 spiro atoms. The van der Waals surface area contributed by atoms with Crippen LogP contribution in [0.5, 0.6) is 0 Å². The zero-order valence-corrected chi connectivity index (χ0v) is 8.02. The maximum Gasteiger partial charge on any atom is 0.0801 e. The van der Waals surface area contributed by atoms with E-state index in [-0.39, 0.29) is 6.10 Å². The Balaban J connectivity index is 0. The van der Waals surface area contributed by atoms with E-state index in [0.29, 0.717) is 12.4 Å². The predicted octanol–water partition coefficient (Wildman–Crippen LogP) is 1.17. The summed E-state index contributed by atoms with van der Waals surface area (Å²) in [5, 5.41) is 8.85. The zero-order valence-electron chi connectivity index (χ0n) is 7.26. The van der Waals surface area contributed by atoms with Crippen molar-refractivity contribution < 1.29 is 5.11 Å². The highest BCUT2D eigenvalue weighted by Gasteiger charge is 2.00. The summed E-state index contributed by atoms with van der Waals surface area (Å²) in [6.45, 7) is 4.64. The standard InChI is InChI=1S/C5H12ClNO.C2H6/c1-7(2)4-5(8)3-6;1-2/h5,8H,3-4H2,1-2H3;1-2H3. The van der Waals surface area contributed by atoms with E-state index in [1.54, 1.807) is 0 Å². The molecule has 0 saturated heterocycles. The van der Waals surface area contributed by atoms with E-state index >= 15 is 0 Å². The molecule has 0 amide bonds. The van der Waals surface area contributed by atoms with Crippen molar-refractivity contribution >= 4 is 11.6 Å². The van der Waals surface area contributed by atoms with Crippen molar-refractivity contribution in [3.63, 3.8) is 0 Å². The summed E-state index contributed by atoms with van der Waals surface area (Å²) in [4.78, 5) is 1.90. The Morgan fingerprint density at radius 1 is 1.40 bits per heavy atom. The van der Waals surface area contributed by atoms with Crippen LogP contribution in [0.15, 0.2) is 0 Å². The molecule has 2 nitrogen and oxygen atoms in total. The van der Waals surface area contributed by atoms with Crippen LogP contribution < -0.4 is 0 Å². The Kier molecular flexibility index (Phi) is 11.8. The molecule has 0 aromatic rings. The number of nitrogens with zero attached hydrogens (tertiary/aromatic N) is 1. The first-order chi connectivity index (χ1) is 4.66. The lowest BCUT2D eigenvalue weighted by Gasteiger charge is -2.12. The highest BCUT2D eigenvalue weighted by atomic mass is 35.5. The summed E-state index contributed by atoms with van der Waals surface area (Å²) in [6, 6.07) is 0. The van der Waals surface area contributed by atoms with Gasteiger partial charge in [0.1, 0.15) is 0 Å². The topological polar surface area (TPSA) is 23.5 Å². The van der Waals surface area contributed by atoms with E-state index in [1.807, 2.05) is 32.8 Å². The number of alkyl halides is 1. The van der Waals surface area contributed by atoms with Crippen molar-refractivity contribution in [3.8, 4) is 0 Å². The fourth-order valence-electron chi connectivity index (χ4n) is 0.470. The van der Waals surface area contributed by atoms with Gasteiger partial charge in [-0.1, -0.05) is 13.8 Å². The van der Waals surface area contributed by atoms with Gasteiger partial charge in [-0.25, -0.2) is 0 Å². The lowest BCUT2D eigenvalue weighted by Crippen LogP contribution is -2.26. The molecule has 0 aliphatic rings. The molecule has 0 bridgehead atoms. The number of aliphatic hydroxyl groups is 1. The summed E-state index contributed by atoms with van der Waals surface area (Å²) in [5.74, 6) is 0.318. The van der Waals surface area contributed by atoms with Crippen LogP contribution in [0.2, 0.25) is 0 Å². The summed E-state index contributed by atoms with van der Waals surface area (Å²) >= 11 is 5.32. The number of hydrogen-bond acceptors (Lipinski definition) is 2. The molecule has 10 heavy (non-hydrogen) atoms. The molecule has 1 N–H and O–H groups in total. The number of hydrogen-bond donors (Lipinski definition) is 1. The first-order valence-corrected chi connectivity index (χ1v) is 4.09. The zero-order chi connectivity index (χ0) is 8.57. The molecule has 0 aromatic heterocycles. The van der Waals surface area contributed by atoms with Gasteiger partial charge in [-0.15, -0.1) is 11.6 Å². The molecule has 0 radical (unpaired) electrons. The van der Waals surface area contributed by atoms with Gasteiger partial charge >= 0.3 is 0 Å². The van der Waals surface area contributed by atoms with Crippen molar-refractivity contribution in [2.45, 2.75) is 20.0 Å². The van der Waals surface area contributed by atoms with Gasteiger partial charge < -0.3 is 10.0 Å². The fraction of sp³-hybridized carbons (Fsp3) is 1.00. The summed E-state index contributed by atoms with van der Waals surface area (Å²) in [7, 11) is 3.80. The molecule has 0 aromatic carbocycles. The van der Waals surface area contributed by atoms with Gasteiger partial charge in [0, 0.05) is 12.4 Å². The third kappa shape index (κ3) is 11.1. The van der Waals surface area contributed by atoms with Crippen LogP contribution in [-0.2, 0) is 0 Å². The van der Waals surface area contributed by atoms with Crippen molar-refractivity contribution in [1.29, 1.82) is 0 Å². The Hall–Kier alpha value is 0.210. The maximum absolute atomic E-state index is 8.85. The number of likely N-dealkylation sites (N-methyl/N-ethyl adjacent to an activating group) is 1. The largest absolute Gasteiger partial charge is 0.391 e. The van der Waals surface area contributed by atoms with Crippen molar-refractivity contribution in [1.82, 2.24) is 4.90 Å². The van der Waals surface area contributed by atoms with Gasteiger partial charge in [0.05, 0.1) is 6.10 Å². The minimum atomic E-state index is -0.383. The van der Waals surface area contributed by atoms with Gasteiger partial charge in [0.2, 0.25) is 0 Å². The first-order valence-electron chi connectivity index (χ1n) is 3.55. The molecule has 3 heteroatoms. The molecular formula is C7H18ClNO. The van der Waals surface area contributed by atoms with Gasteiger partial charge in [-0.05, 0) is 14.1 Å². The molecule has 0 aliphatic carbocycles. The maximum atomic E-state index is 8.85. The molecule has 0 aliphatic heterocycles. The summed E-state index contributed by atoms with van der Waals surface area (Å²) < 4.78 is 0. The van der Waals surface area contributed by atoms with Crippen LogP contribution in [0.3, 0.4) is 0 Å². The summed E-state index contributed by atoms with van der Waals surface area (Å²) in [6.07, 6.45) is -0.383. The smallest absolute Gasteiger partial charge is 0.0801 e. The van der Waals surface area contributed by atoms with Gasteiger partial charge in [-0.2, -0.15) is 0 Å². The van der Waals surface area contributed by atoms with E-state index < -0.39 is 0 Å². The predicted molar refractivity (Wildman–Crippen MR) is 46.6 cm³/mol. The molecule has 1 atom stereocenters. The van der Waals surface area contributed by atoms with Gasteiger partial charge in [-0.3, -0.25) is 0 Å². The second-order valence-electron chi connectivity index (χ2n) is 2.07. The van der Waals surface area contributed by atoms with Gasteiger partial charge in [0.25, 0.3) is 0 Å². The minimum absolute atomic E-state index is 0.318. The van der Waals surface area contributed by atoms with Crippen molar-refractivity contribution in [2.75, 3.05) is 26.5 Å². The number of rotatable bonds is 3. The van der Waals surface area contributed by atoms with Crippen LogP contribution in [0, 0.1) is 0 Å². The quantitative estimate of drug-likeness (QED) is 0.639. The lowest BCUT2D eigenvalue weighted by molar-refractivity contribution is 0.157. The Morgan fingerprint density at radius 2 is 1.80 bits per heavy atom. The lowest BCUT2D eigenvalue weighted by atomic mass is 10.4. The van der Waals surface area contributed by atoms with E-state index in [0.717, 1.165) is 0 Å². The van der Waals surface area contributed by atoms with Crippen LogP contribution in [0.1, 0.15) is 13.8 Å². The Bertz CT molecular complexity index is 59.6. The Morgan fingerprint density at radius 3 is 1.90 bits per heavy atom. The SMILES string of the molecule is CC.CN(C)CC(O)CCl. The normalized spacial score (nSPS) is 12.3. The molecule has 0 fully saturated rings. The fourth-order valence-corrected chi connectivity index (χ4v) is 0.568. The van der Waals surface area contributed by atoms with Crippen LogP contribution in [-0.4, -0.2) is 42.6 Å². The second-order valence-corrected chi connectivity index (χ2v) is 2.38. The third-order valence-corrected chi connectivity index (χ3v) is 1.11. The highest BCUT2D eigenvalue weighted by Crippen LogP contribution is 1.87. The van der Waals surface area contributed by atoms with E-state index in [1.165, 1.54) is 0 Å². The average molecular weight is 168 g/mol. The number of aliphatic hydroxyl groups excluding tert-OH is 1. The monoisotopic (exact) mass is 167 g/mol. The van der Waals surface area contributed by atoms with Crippen LogP contribution in [0.4, 0.5) is 0 Å². The van der Waals surface area contributed by atoms with Crippen LogP contribution in [0.25, 0.3) is 0 Å². The molecular weight excluding hydrogens is 150 g/mol. The van der Waals surface area contributed by atoms with Gasteiger partial charge in [0.15, 0.2) is 0 Å². The number of halogens is 1. The van der Waals surface area contributed by atoms with Crippen molar-refractivity contribution in [3.05, 3.63) is 0 Å². The van der Waals surface area contributed by atoms with Crippen LogP contribution >= 0.6 is 11.6 Å². The Labute approximate surface area is 68.8 Å². The molecule has 0 saturated carbocycles. The molecule has 64 valence electrons. The third-order valence-electron chi connectivity index (χ3n) is 0.754. The van der Waals surface area contributed by atoms with E-state index in [9.17, 15) is 0 Å². The average Bonchev–Trinajstić information content (AvgIpc) is 1.91. The molecule has 0 rings (SSSR count). The minimum Gasteiger partial charge on any atom is -0.391 e. The first kappa shape index (κ1) is 12.8. The van der Waals surface area contributed by atoms with Crippen molar-refractivity contribution in [2.24, 2.45) is 0 Å². The summed E-state index contributed by atoms with van der Waals surface area (Å²) in [5.41, 5.74) is 0. The van der Waals surface area contributed by atoms with E-state index in [2.05, 4.69) is 0 Å².